The van der Waals surface area contributed by atoms with Crippen LogP contribution in [0.3, 0.4) is 0 Å². The Balaban J connectivity index is 3.59. The van der Waals surface area contributed by atoms with Crippen LogP contribution in [0.5, 0.6) is 0 Å². The van der Waals surface area contributed by atoms with Gasteiger partial charge >= 0.3 is 0 Å². The van der Waals surface area contributed by atoms with Gasteiger partial charge in [0.15, 0.2) is 0 Å². The molecule has 1 heteroatoms. The van der Waals surface area contributed by atoms with Crippen LogP contribution >= 0.6 is 0 Å². The fourth-order valence-electron chi connectivity index (χ4n) is 0.694. The molecule has 0 aromatic carbocycles. The van der Waals surface area contributed by atoms with Crippen LogP contribution in [0.15, 0.2) is 23.8 Å². The standard InChI is InChI=1S/C9H17N/c1-3-4-6-9(2)7-5-8-10/h5-7H,3-4,8,10H2,1-2H3. The minimum atomic E-state index is 0.636. The molecule has 0 aromatic rings. The molecule has 0 unspecified atom stereocenters. The predicted octanol–water partition coefficient (Wildman–Crippen LogP) is 2.25. The van der Waals surface area contributed by atoms with Crippen LogP contribution in [0.4, 0.5) is 0 Å². The number of allylic oxidation sites excluding steroid dienone is 3. The number of hydrogen-bond acceptors (Lipinski definition) is 1. The van der Waals surface area contributed by atoms with Crippen LogP contribution in [-0.2, 0) is 0 Å². The van der Waals surface area contributed by atoms with Gasteiger partial charge in [-0.1, -0.05) is 37.1 Å². The minimum Gasteiger partial charge on any atom is -0.327 e. The molecular formula is C9H17N. The van der Waals surface area contributed by atoms with Gasteiger partial charge in [0.2, 0.25) is 0 Å². The van der Waals surface area contributed by atoms with Crippen LogP contribution in [0.2, 0.25) is 0 Å². The zero-order valence-electron chi connectivity index (χ0n) is 6.93. The van der Waals surface area contributed by atoms with Crippen molar-refractivity contribution >= 4 is 0 Å². The first kappa shape index (κ1) is 9.44. The van der Waals surface area contributed by atoms with E-state index in [0.717, 1.165) is 0 Å². The molecule has 0 amide bonds. The average molecular weight is 139 g/mol. The molecule has 0 atom stereocenters. The van der Waals surface area contributed by atoms with E-state index >= 15 is 0 Å². The third-order valence-corrected chi connectivity index (χ3v) is 1.27. The molecule has 0 bridgehead atoms. The van der Waals surface area contributed by atoms with E-state index in [1.807, 2.05) is 6.08 Å². The lowest BCUT2D eigenvalue weighted by molar-refractivity contribution is 0.952. The summed E-state index contributed by atoms with van der Waals surface area (Å²) in [6.07, 6.45) is 8.65. The van der Waals surface area contributed by atoms with Crippen molar-refractivity contribution in [3.05, 3.63) is 23.8 Å². The van der Waals surface area contributed by atoms with E-state index in [1.54, 1.807) is 0 Å². The van der Waals surface area contributed by atoms with Gasteiger partial charge in [0, 0.05) is 6.54 Å². The molecule has 0 fully saturated rings. The van der Waals surface area contributed by atoms with E-state index in [1.165, 1.54) is 18.4 Å². The maximum absolute atomic E-state index is 5.29. The first-order chi connectivity index (χ1) is 4.81. The fraction of sp³-hybridized carbons (Fsp3) is 0.556. The minimum absolute atomic E-state index is 0.636. The third kappa shape index (κ3) is 5.57. The van der Waals surface area contributed by atoms with E-state index in [0.29, 0.717) is 6.54 Å². The summed E-state index contributed by atoms with van der Waals surface area (Å²) >= 11 is 0. The van der Waals surface area contributed by atoms with Gasteiger partial charge < -0.3 is 5.73 Å². The Kier molecular flexibility index (Phi) is 6.19. The molecule has 1 nitrogen and oxygen atoms in total. The molecule has 0 aliphatic carbocycles. The van der Waals surface area contributed by atoms with Crippen molar-refractivity contribution in [2.45, 2.75) is 26.7 Å². The Morgan fingerprint density at radius 3 is 2.70 bits per heavy atom. The van der Waals surface area contributed by atoms with E-state index < -0.39 is 0 Å². The van der Waals surface area contributed by atoms with Gasteiger partial charge in [-0.2, -0.15) is 0 Å². The van der Waals surface area contributed by atoms with Crippen molar-refractivity contribution in [1.82, 2.24) is 0 Å². The van der Waals surface area contributed by atoms with E-state index in [2.05, 4.69) is 26.0 Å². The Labute approximate surface area is 63.6 Å². The van der Waals surface area contributed by atoms with Crippen LogP contribution < -0.4 is 5.73 Å². The Morgan fingerprint density at radius 2 is 2.20 bits per heavy atom. The second kappa shape index (κ2) is 6.56. The van der Waals surface area contributed by atoms with Crippen molar-refractivity contribution in [3.8, 4) is 0 Å². The molecular weight excluding hydrogens is 122 g/mol. The lowest BCUT2D eigenvalue weighted by Gasteiger charge is -1.89. The summed E-state index contributed by atoms with van der Waals surface area (Å²) in [5.41, 5.74) is 6.60. The second-order valence-corrected chi connectivity index (χ2v) is 2.37. The summed E-state index contributed by atoms with van der Waals surface area (Å²) in [6.45, 7) is 4.91. The van der Waals surface area contributed by atoms with Crippen LogP contribution in [0.25, 0.3) is 0 Å². The molecule has 0 heterocycles. The number of hydrogen-bond donors (Lipinski definition) is 1. The SMILES string of the molecule is CCCC=C(C)C=CCN. The molecule has 0 aromatic heterocycles. The van der Waals surface area contributed by atoms with Gasteiger partial charge in [-0.15, -0.1) is 0 Å². The van der Waals surface area contributed by atoms with Crippen molar-refractivity contribution in [1.29, 1.82) is 0 Å². The van der Waals surface area contributed by atoms with Crippen molar-refractivity contribution in [2.75, 3.05) is 6.54 Å². The Bertz CT molecular complexity index is 123. The highest BCUT2D eigenvalue weighted by molar-refractivity contribution is 5.15. The molecule has 10 heavy (non-hydrogen) atoms. The number of nitrogens with two attached hydrogens (primary N) is 1. The zero-order chi connectivity index (χ0) is 7.82. The monoisotopic (exact) mass is 139 g/mol. The van der Waals surface area contributed by atoms with E-state index in [4.69, 9.17) is 5.73 Å². The summed E-state index contributed by atoms with van der Waals surface area (Å²) < 4.78 is 0. The summed E-state index contributed by atoms with van der Waals surface area (Å²) in [4.78, 5) is 0. The quantitative estimate of drug-likeness (QED) is 0.594. The maximum atomic E-state index is 5.29. The summed E-state index contributed by atoms with van der Waals surface area (Å²) in [7, 11) is 0. The molecule has 0 saturated heterocycles. The average Bonchev–Trinajstić information content (AvgIpc) is 1.97. The van der Waals surface area contributed by atoms with Crippen LogP contribution in [0.1, 0.15) is 26.7 Å². The third-order valence-electron chi connectivity index (χ3n) is 1.27. The summed E-state index contributed by atoms with van der Waals surface area (Å²) in [6, 6.07) is 0. The van der Waals surface area contributed by atoms with Crippen LogP contribution in [0, 0.1) is 0 Å². The molecule has 2 N–H and O–H groups in total. The first-order valence-corrected chi connectivity index (χ1v) is 3.84. The van der Waals surface area contributed by atoms with Crippen molar-refractivity contribution in [2.24, 2.45) is 5.73 Å². The Morgan fingerprint density at radius 1 is 1.50 bits per heavy atom. The highest BCUT2D eigenvalue weighted by Crippen LogP contribution is 1.98. The number of rotatable bonds is 4. The predicted molar refractivity (Wildman–Crippen MR) is 46.9 cm³/mol. The zero-order valence-corrected chi connectivity index (χ0v) is 6.93. The maximum Gasteiger partial charge on any atom is 0.0110 e. The van der Waals surface area contributed by atoms with E-state index in [9.17, 15) is 0 Å². The van der Waals surface area contributed by atoms with Gasteiger partial charge in [-0.25, -0.2) is 0 Å². The Hall–Kier alpha value is -0.560. The van der Waals surface area contributed by atoms with Gasteiger partial charge in [0.05, 0.1) is 0 Å². The van der Waals surface area contributed by atoms with Gasteiger partial charge in [-0.3, -0.25) is 0 Å². The molecule has 0 spiro atoms. The summed E-state index contributed by atoms with van der Waals surface area (Å²) in [5, 5.41) is 0. The smallest absolute Gasteiger partial charge is 0.0110 e. The van der Waals surface area contributed by atoms with Crippen molar-refractivity contribution in [3.63, 3.8) is 0 Å². The molecule has 0 aliphatic heterocycles. The largest absolute Gasteiger partial charge is 0.327 e. The highest BCUT2D eigenvalue weighted by atomic mass is 14.5. The van der Waals surface area contributed by atoms with E-state index in [-0.39, 0.29) is 0 Å². The lowest BCUT2D eigenvalue weighted by atomic mass is 10.2. The topological polar surface area (TPSA) is 26.0 Å². The first-order valence-electron chi connectivity index (χ1n) is 3.84. The van der Waals surface area contributed by atoms with Gasteiger partial charge in [-0.05, 0) is 13.3 Å². The highest BCUT2D eigenvalue weighted by Gasteiger charge is 1.78. The fourth-order valence-corrected chi connectivity index (χ4v) is 0.694. The van der Waals surface area contributed by atoms with Crippen molar-refractivity contribution < 1.29 is 0 Å². The second-order valence-electron chi connectivity index (χ2n) is 2.37. The number of unbranched alkanes of at least 4 members (excludes halogenated alkanes) is 1. The normalized spacial score (nSPS) is 12.9. The molecule has 0 radical (unpaired) electrons. The summed E-state index contributed by atoms with van der Waals surface area (Å²) in [5.74, 6) is 0. The molecule has 0 rings (SSSR count). The van der Waals surface area contributed by atoms with Crippen LogP contribution in [-0.4, -0.2) is 6.54 Å². The molecule has 58 valence electrons. The van der Waals surface area contributed by atoms with Gasteiger partial charge in [0.1, 0.15) is 0 Å². The lowest BCUT2D eigenvalue weighted by Crippen LogP contribution is -1.92. The molecule has 0 saturated carbocycles. The molecule has 0 aliphatic rings. The van der Waals surface area contributed by atoms with Gasteiger partial charge in [0.25, 0.3) is 0 Å².